The number of hydrogen-bond acceptors (Lipinski definition) is 6. The van der Waals surface area contributed by atoms with Crippen molar-refractivity contribution in [2.75, 3.05) is 0 Å². The zero-order valence-electron chi connectivity index (χ0n) is 19.2. The van der Waals surface area contributed by atoms with Gasteiger partial charge in [-0.1, -0.05) is 12.1 Å². The highest BCUT2D eigenvalue weighted by atomic mass is 19.1. The molecule has 9 heteroatoms. The van der Waals surface area contributed by atoms with Crippen molar-refractivity contribution >= 4 is 12.0 Å². The predicted molar refractivity (Wildman–Crippen MR) is 119 cm³/mol. The molecular formula is C24H32FN3O5. The molecule has 1 aromatic heterocycles. The third-order valence-electron chi connectivity index (χ3n) is 5.57. The van der Waals surface area contributed by atoms with Crippen LogP contribution in [-0.4, -0.2) is 49.6 Å². The minimum atomic E-state index is -1.21. The number of rotatable bonds is 9. The fourth-order valence-corrected chi connectivity index (χ4v) is 3.73. The second kappa shape index (κ2) is 10.0. The lowest BCUT2D eigenvalue weighted by Crippen LogP contribution is -2.37. The Morgan fingerprint density at radius 1 is 1.24 bits per heavy atom. The summed E-state index contributed by atoms with van der Waals surface area (Å²) in [5.41, 5.74) is 5.63. The molecule has 1 aliphatic rings. The van der Waals surface area contributed by atoms with Crippen molar-refractivity contribution in [1.82, 2.24) is 9.55 Å². The van der Waals surface area contributed by atoms with E-state index in [1.807, 2.05) is 0 Å². The Hall–Kier alpha value is -2.78. The smallest absolute Gasteiger partial charge is 0.420 e. The summed E-state index contributed by atoms with van der Waals surface area (Å²) in [5.74, 6) is -1.48. The molecule has 0 aliphatic heterocycles. The van der Waals surface area contributed by atoms with Gasteiger partial charge in [-0.2, -0.15) is 0 Å². The SMILES string of the molecule is CC(C)(C)OC(=O)n1cc(CCC(N)=O)nc1[C@H](Cc1ccc(F)cc1)[C@@H](O)[C@@H](O)C1CC1. The number of aliphatic hydroxyl groups is 2. The first-order chi connectivity index (χ1) is 15.4. The van der Waals surface area contributed by atoms with Crippen LogP contribution in [-0.2, 0) is 22.4 Å². The first kappa shape index (κ1) is 24.9. The summed E-state index contributed by atoms with van der Waals surface area (Å²) in [4.78, 5) is 28.8. The van der Waals surface area contributed by atoms with Gasteiger partial charge in [-0.25, -0.2) is 18.7 Å². The molecule has 0 radical (unpaired) electrons. The molecule has 3 rings (SSSR count). The molecule has 0 saturated heterocycles. The number of hydrogen-bond donors (Lipinski definition) is 3. The monoisotopic (exact) mass is 461 g/mol. The maximum atomic E-state index is 13.4. The molecule has 0 unspecified atom stereocenters. The molecule has 3 atom stereocenters. The summed E-state index contributed by atoms with van der Waals surface area (Å²) >= 11 is 0. The number of ether oxygens (including phenoxy) is 1. The number of aromatic nitrogens is 2. The van der Waals surface area contributed by atoms with Gasteiger partial charge in [-0.15, -0.1) is 0 Å². The molecule has 180 valence electrons. The first-order valence-electron chi connectivity index (χ1n) is 11.1. The van der Waals surface area contributed by atoms with E-state index < -0.39 is 41.5 Å². The van der Waals surface area contributed by atoms with Crippen LogP contribution in [0, 0.1) is 11.7 Å². The quantitative estimate of drug-likeness (QED) is 0.527. The number of amides is 1. The fraction of sp³-hybridized carbons (Fsp3) is 0.542. The highest BCUT2D eigenvalue weighted by Gasteiger charge is 2.40. The number of aryl methyl sites for hydroxylation is 1. The van der Waals surface area contributed by atoms with Gasteiger partial charge in [0.15, 0.2) is 0 Å². The van der Waals surface area contributed by atoms with E-state index in [2.05, 4.69) is 4.98 Å². The van der Waals surface area contributed by atoms with Crippen LogP contribution in [0.15, 0.2) is 30.5 Å². The Morgan fingerprint density at radius 2 is 1.88 bits per heavy atom. The normalized spacial score (nSPS) is 16.8. The minimum absolute atomic E-state index is 0.0185. The van der Waals surface area contributed by atoms with Gasteiger partial charge in [0.25, 0.3) is 0 Å². The Bertz CT molecular complexity index is 979. The highest BCUT2D eigenvalue weighted by molar-refractivity contribution is 5.74. The number of carbonyl (C=O) groups excluding carboxylic acids is 2. The summed E-state index contributed by atoms with van der Waals surface area (Å²) < 4.78 is 20.2. The zero-order valence-corrected chi connectivity index (χ0v) is 19.2. The van der Waals surface area contributed by atoms with E-state index >= 15 is 0 Å². The predicted octanol–water partition coefficient (Wildman–Crippen LogP) is 2.68. The average Bonchev–Trinajstić information content (AvgIpc) is 3.49. The van der Waals surface area contributed by atoms with E-state index in [0.29, 0.717) is 11.3 Å². The molecule has 1 fully saturated rings. The number of aliphatic hydroxyl groups excluding tert-OH is 2. The fourth-order valence-electron chi connectivity index (χ4n) is 3.73. The molecular weight excluding hydrogens is 429 g/mol. The first-order valence-corrected chi connectivity index (χ1v) is 11.1. The van der Waals surface area contributed by atoms with Crippen LogP contribution in [0.3, 0.4) is 0 Å². The standard InChI is InChI=1S/C24H32FN3O5/c1-24(2,3)33-23(32)28-13-17(10-11-19(26)29)27-22(28)18(21(31)20(30)15-6-7-15)12-14-4-8-16(25)9-5-14/h4-5,8-9,13,15,18,20-21,30-31H,6-7,10-12H2,1-3H3,(H2,26,29)/t18-,20+,21-/m1/s1. The number of benzene rings is 1. The van der Waals surface area contributed by atoms with Gasteiger partial charge in [0.05, 0.1) is 23.8 Å². The lowest BCUT2D eigenvalue weighted by molar-refractivity contribution is -0.118. The van der Waals surface area contributed by atoms with Gasteiger partial charge in [0.2, 0.25) is 5.91 Å². The Balaban J connectivity index is 2.01. The van der Waals surface area contributed by atoms with Gasteiger partial charge in [0.1, 0.15) is 17.2 Å². The second-order valence-corrected chi connectivity index (χ2v) is 9.66. The molecule has 1 aliphatic carbocycles. The van der Waals surface area contributed by atoms with Crippen molar-refractivity contribution < 1.29 is 28.9 Å². The second-order valence-electron chi connectivity index (χ2n) is 9.66. The molecule has 2 aromatic rings. The number of halogens is 1. The molecule has 1 amide bonds. The maximum Gasteiger partial charge on any atom is 0.420 e. The molecule has 8 nitrogen and oxygen atoms in total. The van der Waals surface area contributed by atoms with E-state index in [0.717, 1.165) is 12.8 Å². The summed E-state index contributed by atoms with van der Waals surface area (Å²) in [6.07, 6.45) is 0.665. The number of carbonyl (C=O) groups is 2. The van der Waals surface area contributed by atoms with E-state index in [1.54, 1.807) is 32.9 Å². The number of nitrogens with zero attached hydrogens (tertiary/aromatic N) is 2. The number of nitrogens with two attached hydrogens (primary N) is 1. The Kier molecular flexibility index (Phi) is 7.54. The van der Waals surface area contributed by atoms with Gasteiger partial charge < -0.3 is 20.7 Å². The van der Waals surface area contributed by atoms with Crippen LogP contribution < -0.4 is 5.73 Å². The summed E-state index contributed by atoms with van der Waals surface area (Å²) in [7, 11) is 0. The van der Waals surface area contributed by atoms with Crippen LogP contribution in [0.5, 0.6) is 0 Å². The lowest BCUT2D eigenvalue weighted by Gasteiger charge is -2.28. The highest BCUT2D eigenvalue weighted by Crippen LogP contribution is 2.38. The van der Waals surface area contributed by atoms with Crippen LogP contribution in [0.25, 0.3) is 0 Å². The van der Waals surface area contributed by atoms with E-state index in [9.17, 15) is 24.2 Å². The topological polar surface area (TPSA) is 128 Å². The zero-order chi connectivity index (χ0) is 24.3. The molecule has 1 aromatic carbocycles. The molecule has 33 heavy (non-hydrogen) atoms. The summed E-state index contributed by atoms with van der Waals surface area (Å²) in [6.45, 7) is 5.20. The number of imidazole rings is 1. The van der Waals surface area contributed by atoms with E-state index in [-0.39, 0.29) is 31.0 Å². The molecule has 0 bridgehead atoms. The van der Waals surface area contributed by atoms with Gasteiger partial charge >= 0.3 is 6.09 Å². The van der Waals surface area contributed by atoms with Crippen molar-refractivity contribution in [3.05, 3.63) is 53.4 Å². The van der Waals surface area contributed by atoms with Crippen molar-refractivity contribution in [2.24, 2.45) is 11.7 Å². The number of primary amides is 1. The Labute approximate surface area is 192 Å². The van der Waals surface area contributed by atoms with Gasteiger partial charge in [-0.3, -0.25) is 4.79 Å². The van der Waals surface area contributed by atoms with Crippen LogP contribution in [0.1, 0.15) is 63.0 Å². The maximum absolute atomic E-state index is 13.4. The Morgan fingerprint density at radius 3 is 2.42 bits per heavy atom. The molecule has 0 spiro atoms. The van der Waals surface area contributed by atoms with Crippen molar-refractivity contribution in [3.8, 4) is 0 Å². The van der Waals surface area contributed by atoms with Crippen LogP contribution >= 0.6 is 0 Å². The van der Waals surface area contributed by atoms with Crippen molar-refractivity contribution in [3.63, 3.8) is 0 Å². The summed E-state index contributed by atoms with van der Waals surface area (Å²) in [6, 6.07) is 5.81. The third kappa shape index (κ3) is 6.85. The van der Waals surface area contributed by atoms with Crippen LogP contribution in [0.4, 0.5) is 9.18 Å². The van der Waals surface area contributed by atoms with Crippen LogP contribution in [0.2, 0.25) is 0 Å². The minimum Gasteiger partial charge on any atom is -0.443 e. The molecule has 4 N–H and O–H groups in total. The largest absolute Gasteiger partial charge is 0.443 e. The summed E-state index contributed by atoms with van der Waals surface area (Å²) in [5, 5.41) is 21.8. The van der Waals surface area contributed by atoms with Crippen molar-refractivity contribution in [1.29, 1.82) is 0 Å². The van der Waals surface area contributed by atoms with E-state index in [1.165, 1.54) is 22.9 Å². The average molecular weight is 462 g/mol. The van der Waals surface area contributed by atoms with E-state index in [4.69, 9.17) is 10.5 Å². The molecule has 1 heterocycles. The lowest BCUT2D eigenvalue weighted by atomic mass is 9.88. The third-order valence-corrected chi connectivity index (χ3v) is 5.57. The van der Waals surface area contributed by atoms with Gasteiger partial charge in [-0.05, 0) is 70.1 Å². The van der Waals surface area contributed by atoms with Gasteiger partial charge in [0, 0.05) is 12.6 Å². The van der Waals surface area contributed by atoms with Crippen molar-refractivity contribution in [2.45, 2.75) is 76.6 Å². The molecule has 1 saturated carbocycles.